The van der Waals surface area contributed by atoms with Crippen LogP contribution >= 0.6 is 0 Å². The van der Waals surface area contributed by atoms with Crippen LogP contribution in [0.25, 0.3) is 0 Å². The van der Waals surface area contributed by atoms with Crippen molar-refractivity contribution in [2.24, 2.45) is 17.6 Å². The van der Waals surface area contributed by atoms with Gasteiger partial charge in [0.2, 0.25) is 0 Å². The lowest BCUT2D eigenvalue weighted by Crippen LogP contribution is -2.39. The summed E-state index contributed by atoms with van der Waals surface area (Å²) in [4.78, 5) is 15.9. The van der Waals surface area contributed by atoms with Crippen molar-refractivity contribution < 1.29 is 4.79 Å². The van der Waals surface area contributed by atoms with Gasteiger partial charge in [0.05, 0.1) is 0 Å². The predicted octanol–water partition coefficient (Wildman–Crippen LogP) is 0.0708. The summed E-state index contributed by atoms with van der Waals surface area (Å²) in [7, 11) is 0. The lowest BCUT2D eigenvalue weighted by Gasteiger charge is -2.29. The Morgan fingerprint density at radius 3 is 2.89 bits per heavy atom. The van der Waals surface area contributed by atoms with Gasteiger partial charge in [-0.3, -0.25) is 0 Å². The smallest absolute Gasteiger partial charge is 0.317 e. The number of amides is 2. The van der Waals surface area contributed by atoms with Crippen LogP contribution in [0.15, 0.2) is 0 Å². The van der Waals surface area contributed by atoms with E-state index in [2.05, 4.69) is 10.2 Å². The fourth-order valence-corrected chi connectivity index (χ4v) is 3.78. The largest absolute Gasteiger partial charge is 0.336 e. The Kier molecular flexibility index (Phi) is 3.43. The molecule has 3 fully saturated rings. The molecule has 2 heterocycles. The summed E-state index contributed by atoms with van der Waals surface area (Å²) in [6.45, 7) is 5.86. The molecule has 0 spiro atoms. The van der Waals surface area contributed by atoms with E-state index in [0.717, 1.165) is 38.6 Å². The van der Waals surface area contributed by atoms with Gasteiger partial charge in [0.15, 0.2) is 0 Å². The fraction of sp³-hybridized carbons (Fsp3) is 0.923. The summed E-state index contributed by atoms with van der Waals surface area (Å²) < 4.78 is 0. The molecule has 0 aromatic carbocycles. The Hall–Kier alpha value is -0.810. The molecule has 18 heavy (non-hydrogen) atoms. The first-order valence-electron chi connectivity index (χ1n) is 7.25. The van der Waals surface area contributed by atoms with E-state index in [1.807, 2.05) is 4.90 Å². The monoisotopic (exact) mass is 252 g/mol. The third-order valence-corrected chi connectivity index (χ3v) is 4.86. The van der Waals surface area contributed by atoms with Crippen molar-refractivity contribution in [1.82, 2.24) is 15.1 Å². The molecule has 1 aliphatic carbocycles. The second kappa shape index (κ2) is 5.05. The average molecular weight is 252 g/mol. The van der Waals surface area contributed by atoms with Crippen molar-refractivity contribution in [3.63, 3.8) is 0 Å². The number of rotatable bonds is 3. The predicted molar refractivity (Wildman–Crippen MR) is 70.2 cm³/mol. The van der Waals surface area contributed by atoms with Crippen molar-refractivity contribution in [2.45, 2.75) is 25.3 Å². The summed E-state index contributed by atoms with van der Waals surface area (Å²) in [5.74, 6) is 1.51. The number of fused-ring (bicyclic) bond motifs is 1. The Bertz CT molecular complexity index is 322. The number of hydrogen-bond acceptors (Lipinski definition) is 3. The molecule has 0 aromatic heterocycles. The number of nitrogens with one attached hydrogen (secondary N) is 1. The molecular weight excluding hydrogens is 228 g/mol. The van der Waals surface area contributed by atoms with Gasteiger partial charge in [0, 0.05) is 45.3 Å². The first kappa shape index (κ1) is 12.2. The van der Waals surface area contributed by atoms with Crippen molar-refractivity contribution >= 4 is 6.03 Å². The number of nitrogens with zero attached hydrogens (tertiary/aromatic N) is 2. The van der Waals surface area contributed by atoms with Gasteiger partial charge in [-0.1, -0.05) is 6.42 Å². The molecule has 5 heteroatoms. The molecule has 0 aromatic rings. The van der Waals surface area contributed by atoms with E-state index in [1.165, 1.54) is 25.8 Å². The first-order chi connectivity index (χ1) is 8.74. The highest BCUT2D eigenvalue weighted by Crippen LogP contribution is 2.35. The highest BCUT2D eigenvalue weighted by atomic mass is 16.2. The van der Waals surface area contributed by atoms with E-state index >= 15 is 0 Å². The Labute approximate surface area is 109 Å². The first-order valence-corrected chi connectivity index (χ1v) is 7.25. The zero-order valence-electron chi connectivity index (χ0n) is 11.0. The fourth-order valence-electron chi connectivity index (χ4n) is 3.78. The van der Waals surface area contributed by atoms with E-state index in [9.17, 15) is 4.79 Å². The quantitative estimate of drug-likeness (QED) is 0.747. The van der Waals surface area contributed by atoms with Crippen LogP contribution in [0.5, 0.6) is 0 Å². The summed E-state index contributed by atoms with van der Waals surface area (Å²) in [6.07, 6.45) is 3.84. The Morgan fingerprint density at radius 2 is 2.17 bits per heavy atom. The molecule has 102 valence electrons. The van der Waals surface area contributed by atoms with E-state index in [1.54, 1.807) is 0 Å². The van der Waals surface area contributed by atoms with E-state index in [4.69, 9.17) is 5.73 Å². The second-order valence-corrected chi connectivity index (χ2v) is 6.00. The lowest BCUT2D eigenvalue weighted by atomic mass is 9.78. The standard InChI is InChI=1S/C13H24N4O/c14-12-3-1-2-10-8-16(9-11(10)12)6-7-17-5-4-15-13(17)18/h10-12H,1-9,14H2,(H,15,18). The third-order valence-electron chi connectivity index (χ3n) is 4.86. The lowest BCUT2D eigenvalue weighted by molar-refractivity contribution is 0.206. The van der Waals surface area contributed by atoms with Crippen LogP contribution in [-0.2, 0) is 0 Å². The maximum Gasteiger partial charge on any atom is 0.317 e. The zero-order valence-corrected chi connectivity index (χ0v) is 11.0. The van der Waals surface area contributed by atoms with Gasteiger partial charge >= 0.3 is 6.03 Å². The van der Waals surface area contributed by atoms with E-state index in [-0.39, 0.29) is 6.03 Å². The molecule has 3 unspecified atom stereocenters. The van der Waals surface area contributed by atoms with Crippen LogP contribution in [-0.4, -0.2) is 61.1 Å². The molecule has 5 nitrogen and oxygen atoms in total. The van der Waals surface area contributed by atoms with Crippen molar-refractivity contribution in [2.75, 3.05) is 39.3 Å². The second-order valence-electron chi connectivity index (χ2n) is 6.00. The maximum absolute atomic E-state index is 11.5. The number of hydrogen-bond donors (Lipinski definition) is 2. The normalized spacial score (nSPS) is 36.8. The highest BCUT2D eigenvalue weighted by Gasteiger charge is 2.38. The summed E-state index contributed by atoms with van der Waals surface area (Å²) >= 11 is 0. The topological polar surface area (TPSA) is 61.6 Å². The molecule has 3 aliphatic rings. The molecule has 0 bridgehead atoms. The average Bonchev–Trinajstić information content (AvgIpc) is 2.93. The molecule has 0 radical (unpaired) electrons. The van der Waals surface area contributed by atoms with E-state index < -0.39 is 0 Å². The number of nitrogens with two attached hydrogens (primary N) is 1. The Balaban J connectivity index is 1.48. The van der Waals surface area contributed by atoms with Gasteiger partial charge in [-0.2, -0.15) is 0 Å². The molecule has 3 atom stereocenters. The SMILES string of the molecule is NC1CCCC2CN(CCN3CCNC3=O)CC12. The number of urea groups is 1. The van der Waals surface area contributed by atoms with Crippen LogP contribution in [0.1, 0.15) is 19.3 Å². The van der Waals surface area contributed by atoms with Crippen molar-refractivity contribution in [3.8, 4) is 0 Å². The molecule has 2 amide bonds. The maximum atomic E-state index is 11.5. The highest BCUT2D eigenvalue weighted by molar-refractivity contribution is 5.76. The molecule has 3 N–H and O–H groups in total. The van der Waals surface area contributed by atoms with Crippen LogP contribution in [0.3, 0.4) is 0 Å². The van der Waals surface area contributed by atoms with E-state index in [0.29, 0.717) is 12.0 Å². The summed E-state index contributed by atoms with van der Waals surface area (Å²) in [5.41, 5.74) is 6.22. The van der Waals surface area contributed by atoms with Crippen LogP contribution < -0.4 is 11.1 Å². The minimum atomic E-state index is 0.100. The molecular formula is C13H24N4O. The molecule has 1 saturated carbocycles. The van der Waals surface area contributed by atoms with Crippen LogP contribution in [0, 0.1) is 11.8 Å². The number of carbonyl (C=O) groups excluding carboxylic acids is 1. The molecule has 3 rings (SSSR count). The van der Waals surface area contributed by atoms with Gasteiger partial charge in [-0.05, 0) is 24.7 Å². The summed E-state index contributed by atoms with van der Waals surface area (Å²) in [6, 6.07) is 0.507. The minimum Gasteiger partial charge on any atom is -0.336 e. The van der Waals surface area contributed by atoms with Gasteiger partial charge in [0.25, 0.3) is 0 Å². The van der Waals surface area contributed by atoms with Crippen LogP contribution in [0.4, 0.5) is 4.79 Å². The van der Waals surface area contributed by atoms with Gasteiger partial charge in [-0.15, -0.1) is 0 Å². The zero-order chi connectivity index (χ0) is 12.5. The van der Waals surface area contributed by atoms with Gasteiger partial charge < -0.3 is 20.9 Å². The molecule has 2 saturated heterocycles. The number of carbonyl (C=O) groups is 1. The molecule has 2 aliphatic heterocycles. The summed E-state index contributed by atoms with van der Waals surface area (Å²) in [5, 5.41) is 2.85. The van der Waals surface area contributed by atoms with Crippen molar-refractivity contribution in [1.29, 1.82) is 0 Å². The third kappa shape index (κ3) is 2.34. The van der Waals surface area contributed by atoms with Gasteiger partial charge in [-0.25, -0.2) is 4.79 Å². The Morgan fingerprint density at radius 1 is 1.28 bits per heavy atom. The minimum absolute atomic E-state index is 0.100. The number of likely N-dealkylation sites (tertiary alicyclic amines) is 1. The van der Waals surface area contributed by atoms with Crippen molar-refractivity contribution in [3.05, 3.63) is 0 Å². The van der Waals surface area contributed by atoms with Crippen LogP contribution in [0.2, 0.25) is 0 Å². The van der Waals surface area contributed by atoms with Gasteiger partial charge in [0.1, 0.15) is 0 Å².